The first-order valence-electron chi connectivity index (χ1n) is 5.59. The zero-order valence-corrected chi connectivity index (χ0v) is 11.5. The fourth-order valence-electron chi connectivity index (χ4n) is 1.64. The van der Waals surface area contributed by atoms with E-state index >= 15 is 0 Å². The summed E-state index contributed by atoms with van der Waals surface area (Å²) in [5.41, 5.74) is 3.61. The van der Waals surface area contributed by atoms with Crippen molar-refractivity contribution in [3.8, 4) is 5.75 Å². The summed E-state index contributed by atoms with van der Waals surface area (Å²) in [6.45, 7) is 11.2. The van der Waals surface area contributed by atoms with Gasteiger partial charge in [-0.05, 0) is 43.0 Å². The molecule has 2 heteroatoms. The SMILES string of the molecule is Cc1cc(CC[Si](C)(C)C)c(C)cc1O. The Hall–Kier alpha value is -0.763. The van der Waals surface area contributed by atoms with E-state index in [1.165, 1.54) is 17.2 Å². The third-order valence-corrected chi connectivity index (χ3v) is 4.55. The van der Waals surface area contributed by atoms with Crippen LogP contribution in [0.2, 0.25) is 25.7 Å². The summed E-state index contributed by atoms with van der Waals surface area (Å²) in [4.78, 5) is 0. The van der Waals surface area contributed by atoms with Crippen LogP contribution in [0.25, 0.3) is 0 Å². The van der Waals surface area contributed by atoms with Crippen LogP contribution in [-0.2, 0) is 6.42 Å². The van der Waals surface area contributed by atoms with Crippen molar-refractivity contribution in [2.45, 2.75) is 46.0 Å². The highest BCUT2D eigenvalue weighted by atomic mass is 28.3. The number of aromatic hydroxyl groups is 1. The topological polar surface area (TPSA) is 20.2 Å². The molecule has 1 nitrogen and oxygen atoms in total. The van der Waals surface area contributed by atoms with E-state index in [2.05, 4.69) is 32.6 Å². The summed E-state index contributed by atoms with van der Waals surface area (Å²) in [5, 5.41) is 9.56. The normalized spacial score (nSPS) is 11.8. The Labute approximate surface area is 94.2 Å². The van der Waals surface area contributed by atoms with Crippen molar-refractivity contribution in [3.05, 3.63) is 28.8 Å². The lowest BCUT2D eigenvalue weighted by Gasteiger charge is -2.17. The summed E-state index contributed by atoms with van der Waals surface area (Å²) >= 11 is 0. The number of phenolic OH excluding ortho intramolecular Hbond substituents is 1. The summed E-state index contributed by atoms with van der Waals surface area (Å²) in [6, 6.07) is 5.33. The molecule has 0 aromatic heterocycles. The second-order valence-electron chi connectivity index (χ2n) is 5.63. The molecule has 0 aliphatic carbocycles. The van der Waals surface area contributed by atoms with E-state index in [0.717, 1.165) is 12.0 Å². The maximum absolute atomic E-state index is 9.56. The van der Waals surface area contributed by atoms with Gasteiger partial charge in [-0.3, -0.25) is 0 Å². The second kappa shape index (κ2) is 4.39. The molecule has 1 aromatic rings. The van der Waals surface area contributed by atoms with Gasteiger partial charge in [-0.15, -0.1) is 0 Å². The number of aryl methyl sites for hydroxylation is 3. The van der Waals surface area contributed by atoms with Crippen LogP contribution < -0.4 is 0 Å². The average Bonchev–Trinajstić information content (AvgIpc) is 2.07. The van der Waals surface area contributed by atoms with Gasteiger partial charge in [0.05, 0.1) is 0 Å². The van der Waals surface area contributed by atoms with Crippen molar-refractivity contribution in [2.24, 2.45) is 0 Å². The first-order valence-corrected chi connectivity index (χ1v) is 9.29. The quantitative estimate of drug-likeness (QED) is 0.769. The Balaban J connectivity index is 2.82. The Bertz CT molecular complexity index is 350. The van der Waals surface area contributed by atoms with Gasteiger partial charge in [0.25, 0.3) is 0 Å². The zero-order valence-electron chi connectivity index (χ0n) is 10.5. The molecule has 0 fully saturated rings. The minimum Gasteiger partial charge on any atom is -0.508 e. The number of rotatable bonds is 3. The minimum absolute atomic E-state index is 0.421. The molecule has 0 radical (unpaired) electrons. The molecular formula is C13H22OSi. The van der Waals surface area contributed by atoms with Crippen molar-refractivity contribution < 1.29 is 5.11 Å². The summed E-state index contributed by atoms with van der Waals surface area (Å²) < 4.78 is 0. The number of hydrogen-bond acceptors (Lipinski definition) is 1. The molecule has 0 amide bonds. The minimum atomic E-state index is -0.956. The Morgan fingerprint density at radius 3 is 2.20 bits per heavy atom. The average molecular weight is 222 g/mol. The van der Waals surface area contributed by atoms with E-state index in [-0.39, 0.29) is 0 Å². The van der Waals surface area contributed by atoms with Gasteiger partial charge >= 0.3 is 0 Å². The van der Waals surface area contributed by atoms with Crippen LogP contribution in [-0.4, -0.2) is 13.2 Å². The lowest BCUT2D eigenvalue weighted by atomic mass is 10.0. The number of hydrogen-bond donors (Lipinski definition) is 1. The maximum atomic E-state index is 9.56. The van der Waals surface area contributed by atoms with Crippen LogP contribution in [0, 0.1) is 13.8 Å². The van der Waals surface area contributed by atoms with Crippen molar-refractivity contribution >= 4 is 8.07 Å². The van der Waals surface area contributed by atoms with Crippen molar-refractivity contribution in [1.29, 1.82) is 0 Å². The van der Waals surface area contributed by atoms with Gasteiger partial charge in [0.1, 0.15) is 5.75 Å². The summed E-state index contributed by atoms with van der Waals surface area (Å²) in [7, 11) is -0.956. The molecule has 0 unspecified atom stereocenters. The van der Waals surface area contributed by atoms with E-state index in [4.69, 9.17) is 0 Å². The van der Waals surface area contributed by atoms with Gasteiger partial charge in [-0.2, -0.15) is 0 Å². The molecule has 0 aliphatic rings. The van der Waals surface area contributed by atoms with Crippen LogP contribution in [0.5, 0.6) is 5.75 Å². The molecule has 0 saturated carbocycles. The zero-order chi connectivity index (χ0) is 11.6. The Morgan fingerprint density at radius 2 is 1.67 bits per heavy atom. The first-order chi connectivity index (χ1) is 6.79. The molecule has 1 aromatic carbocycles. The van der Waals surface area contributed by atoms with Crippen LogP contribution in [0.4, 0.5) is 0 Å². The maximum Gasteiger partial charge on any atom is 0.118 e. The van der Waals surface area contributed by atoms with Crippen molar-refractivity contribution in [3.63, 3.8) is 0 Å². The Morgan fingerprint density at radius 1 is 1.07 bits per heavy atom. The van der Waals surface area contributed by atoms with Crippen LogP contribution in [0.15, 0.2) is 12.1 Å². The smallest absolute Gasteiger partial charge is 0.118 e. The number of phenols is 1. The van der Waals surface area contributed by atoms with Crippen molar-refractivity contribution in [1.82, 2.24) is 0 Å². The lowest BCUT2D eigenvalue weighted by Crippen LogP contribution is -2.20. The second-order valence-corrected chi connectivity index (χ2v) is 11.2. The molecule has 0 bridgehead atoms. The molecule has 0 aliphatic heterocycles. The van der Waals surface area contributed by atoms with Crippen molar-refractivity contribution in [2.75, 3.05) is 0 Å². The fourth-order valence-corrected chi connectivity index (χ4v) is 2.66. The largest absolute Gasteiger partial charge is 0.508 e. The highest BCUT2D eigenvalue weighted by Crippen LogP contribution is 2.23. The standard InChI is InChI=1S/C13H22OSi/c1-10-9-13(14)11(2)8-12(10)6-7-15(3,4)5/h8-9,14H,6-7H2,1-5H3. The van der Waals surface area contributed by atoms with Crippen LogP contribution >= 0.6 is 0 Å². The van der Waals surface area contributed by atoms with E-state index in [0.29, 0.717) is 5.75 Å². The fraction of sp³-hybridized carbons (Fsp3) is 0.538. The van der Waals surface area contributed by atoms with E-state index in [9.17, 15) is 5.11 Å². The van der Waals surface area contributed by atoms with E-state index < -0.39 is 8.07 Å². The summed E-state index contributed by atoms with van der Waals surface area (Å²) in [5.74, 6) is 0.421. The molecule has 0 spiro atoms. The van der Waals surface area contributed by atoms with E-state index in [1.54, 1.807) is 0 Å². The van der Waals surface area contributed by atoms with Gasteiger partial charge in [0.2, 0.25) is 0 Å². The molecular weight excluding hydrogens is 200 g/mol. The third kappa shape index (κ3) is 3.71. The molecule has 1 N–H and O–H groups in total. The van der Waals surface area contributed by atoms with Gasteiger partial charge in [0.15, 0.2) is 0 Å². The Kier molecular flexibility index (Phi) is 3.61. The van der Waals surface area contributed by atoms with Gasteiger partial charge in [0, 0.05) is 8.07 Å². The lowest BCUT2D eigenvalue weighted by molar-refractivity contribution is 0.470. The number of benzene rings is 1. The molecule has 84 valence electrons. The predicted octanol–water partition coefficient (Wildman–Crippen LogP) is 3.89. The monoisotopic (exact) mass is 222 g/mol. The third-order valence-electron chi connectivity index (χ3n) is 2.80. The molecule has 0 heterocycles. The predicted molar refractivity (Wildman–Crippen MR) is 69.4 cm³/mol. The highest BCUT2D eigenvalue weighted by molar-refractivity contribution is 6.76. The molecule has 15 heavy (non-hydrogen) atoms. The molecule has 0 saturated heterocycles. The first kappa shape index (κ1) is 12.3. The molecule has 1 rings (SSSR count). The van der Waals surface area contributed by atoms with Gasteiger partial charge in [-0.1, -0.05) is 31.8 Å². The van der Waals surface area contributed by atoms with Crippen LogP contribution in [0.3, 0.4) is 0 Å². The van der Waals surface area contributed by atoms with Gasteiger partial charge < -0.3 is 5.11 Å². The van der Waals surface area contributed by atoms with E-state index in [1.807, 2.05) is 13.0 Å². The van der Waals surface area contributed by atoms with Crippen LogP contribution in [0.1, 0.15) is 16.7 Å². The molecule has 0 atom stereocenters. The summed E-state index contributed by atoms with van der Waals surface area (Å²) in [6.07, 6.45) is 1.16. The van der Waals surface area contributed by atoms with Gasteiger partial charge in [-0.25, -0.2) is 0 Å². The highest BCUT2D eigenvalue weighted by Gasteiger charge is 2.13.